The van der Waals surface area contributed by atoms with Crippen molar-refractivity contribution >= 4 is 11.5 Å². The largest absolute Gasteiger partial charge is 0.337 e. The second kappa shape index (κ2) is 6.95. The lowest BCUT2D eigenvalue weighted by atomic mass is 10.2. The molecule has 1 aromatic carbocycles. The molecule has 0 amide bonds. The number of benzene rings is 1. The van der Waals surface area contributed by atoms with Gasteiger partial charge in [0.25, 0.3) is 0 Å². The number of nitrogens with one attached hydrogen (secondary N) is 1. The SMILES string of the molecule is Cc1cc(Nc2cnn(-c3ccccc3F)c2C)nc(-c2cccnc2)n1. The van der Waals surface area contributed by atoms with Crippen LogP contribution >= 0.6 is 0 Å². The number of para-hydroxylation sites is 1. The van der Waals surface area contributed by atoms with Crippen molar-refractivity contribution in [3.63, 3.8) is 0 Å². The highest BCUT2D eigenvalue weighted by Crippen LogP contribution is 2.24. The van der Waals surface area contributed by atoms with Crippen LogP contribution in [0.3, 0.4) is 0 Å². The smallest absolute Gasteiger partial charge is 0.163 e. The minimum absolute atomic E-state index is 0.327. The summed E-state index contributed by atoms with van der Waals surface area (Å²) in [6.45, 7) is 3.78. The second-order valence-electron chi connectivity index (χ2n) is 6.09. The van der Waals surface area contributed by atoms with Crippen LogP contribution in [0.5, 0.6) is 0 Å². The minimum Gasteiger partial charge on any atom is -0.337 e. The normalized spacial score (nSPS) is 10.8. The summed E-state index contributed by atoms with van der Waals surface area (Å²) in [6.07, 6.45) is 5.09. The molecule has 0 fully saturated rings. The van der Waals surface area contributed by atoms with Crippen LogP contribution < -0.4 is 5.32 Å². The molecule has 0 radical (unpaired) electrons. The number of halogens is 1. The van der Waals surface area contributed by atoms with E-state index in [4.69, 9.17) is 0 Å². The summed E-state index contributed by atoms with van der Waals surface area (Å²) in [4.78, 5) is 13.2. The molecule has 0 aliphatic heterocycles. The van der Waals surface area contributed by atoms with Crippen LogP contribution in [0.1, 0.15) is 11.4 Å². The molecular weight excluding hydrogens is 343 g/mol. The molecule has 134 valence electrons. The summed E-state index contributed by atoms with van der Waals surface area (Å²) in [5, 5.41) is 7.56. The lowest BCUT2D eigenvalue weighted by Gasteiger charge is -2.09. The molecule has 7 heteroatoms. The van der Waals surface area contributed by atoms with Crippen LogP contribution in [0.15, 0.2) is 61.1 Å². The summed E-state index contributed by atoms with van der Waals surface area (Å²) < 4.78 is 15.6. The zero-order valence-electron chi connectivity index (χ0n) is 14.9. The number of anilines is 2. The van der Waals surface area contributed by atoms with Gasteiger partial charge in [-0.1, -0.05) is 12.1 Å². The molecule has 0 aliphatic rings. The van der Waals surface area contributed by atoms with E-state index >= 15 is 0 Å². The molecule has 0 unspecified atom stereocenters. The second-order valence-corrected chi connectivity index (χ2v) is 6.09. The minimum atomic E-state index is -0.327. The highest BCUT2D eigenvalue weighted by Gasteiger charge is 2.13. The number of pyridine rings is 1. The first kappa shape index (κ1) is 16.8. The average Bonchev–Trinajstić information content (AvgIpc) is 3.03. The highest BCUT2D eigenvalue weighted by molar-refractivity contribution is 5.62. The van der Waals surface area contributed by atoms with Gasteiger partial charge in [-0.25, -0.2) is 19.0 Å². The van der Waals surface area contributed by atoms with Crippen LogP contribution in [-0.4, -0.2) is 24.7 Å². The molecule has 6 nitrogen and oxygen atoms in total. The van der Waals surface area contributed by atoms with Gasteiger partial charge in [-0.15, -0.1) is 0 Å². The number of aromatic nitrogens is 5. The van der Waals surface area contributed by atoms with Crippen molar-refractivity contribution < 1.29 is 4.39 Å². The zero-order chi connectivity index (χ0) is 18.8. The van der Waals surface area contributed by atoms with E-state index in [-0.39, 0.29) is 5.82 Å². The Balaban J connectivity index is 1.68. The third-order valence-corrected chi connectivity index (χ3v) is 4.13. The number of nitrogens with zero attached hydrogens (tertiary/aromatic N) is 5. The van der Waals surface area contributed by atoms with Gasteiger partial charge in [0.1, 0.15) is 17.3 Å². The number of rotatable bonds is 4. The molecule has 0 saturated heterocycles. The maximum atomic E-state index is 14.1. The summed E-state index contributed by atoms with van der Waals surface area (Å²) in [7, 11) is 0. The van der Waals surface area contributed by atoms with Crippen molar-refractivity contribution in [2.45, 2.75) is 13.8 Å². The first-order valence-electron chi connectivity index (χ1n) is 8.44. The Hall–Kier alpha value is -3.61. The first-order valence-corrected chi connectivity index (χ1v) is 8.44. The molecule has 4 rings (SSSR count). The maximum absolute atomic E-state index is 14.1. The molecule has 0 atom stereocenters. The predicted molar refractivity (Wildman–Crippen MR) is 102 cm³/mol. The summed E-state index contributed by atoms with van der Waals surface area (Å²) in [6, 6.07) is 12.1. The van der Waals surface area contributed by atoms with E-state index in [1.807, 2.05) is 32.0 Å². The zero-order valence-corrected chi connectivity index (χ0v) is 14.9. The van der Waals surface area contributed by atoms with Crippen LogP contribution in [0.2, 0.25) is 0 Å². The lowest BCUT2D eigenvalue weighted by Crippen LogP contribution is -2.03. The lowest BCUT2D eigenvalue weighted by molar-refractivity contribution is 0.608. The molecule has 0 aliphatic carbocycles. The Morgan fingerprint density at radius 1 is 1.00 bits per heavy atom. The van der Waals surface area contributed by atoms with Crippen molar-refractivity contribution in [3.8, 4) is 17.1 Å². The first-order chi connectivity index (χ1) is 13.1. The predicted octanol–water partition coefficient (Wildman–Crippen LogP) is 4.22. The molecule has 4 aromatic rings. The van der Waals surface area contributed by atoms with Crippen molar-refractivity contribution in [1.29, 1.82) is 0 Å². The van der Waals surface area contributed by atoms with Gasteiger partial charge in [0.05, 0.1) is 17.6 Å². The fourth-order valence-corrected chi connectivity index (χ4v) is 2.79. The van der Waals surface area contributed by atoms with Crippen LogP contribution in [-0.2, 0) is 0 Å². The van der Waals surface area contributed by atoms with Gasteiger partial charge in [0, 0.05) is 29.7 Å². The molecule has 1 N–H and O–H groups in total. The average molecular weight is 360 g/mol. The van der Waals surface area contributed by atoms with Crippen LogP contribution in [0.25, 0.3) is 17.1 Å². The van der Waals surface area contributed by atoms with E-state index in [9.17, 15) is 4.39 Å². The quantitative estimate of drug-likeness (QED) is 0.590. The van der Waals surface area contributed by atoms with Crippen molar-refractivity contribution in [2.75, 3.05) is 5.32 Å². The molecule has 3 heterocycles. The number of hydrogen-bond donors (Lipinski definition) is 1. The fourth-order valence-electron chi connectivity index (χ4n) is 2.79. The van der Waals surface area contributed by atoms with Gasteiger partial charge in [-0.3, -0.25) is 4.98 Å². The van der Waals surface area contributed by atoms with E-state index in [1.54, 1.807) is 41.5 Å². The molecule has 27 heavy (non-hydrogen) atoms. The van der Waals surface area contributed by atoms with Crippen molar-refractivity contribution in [3.05, 3.63) is 78.3 Å². The van der Waals surface area contributed by atoms with Gasteiger partial charge in [-0.2, -0.15) is 5.10 Å². The molecule has 0 bridgehead atoms. The fraction of sp³-hybridized carbons (Fsp3) is 0.100. The highest BCUT2D eigenvalue weighted by atomic mass is 19.1. The molecular formula is C20H17FN6. The van der Waals surface area contributed by atoms with Gasteiger partial charge in [0.2, 0.25) is 0 Å². The summed E-state index contributed by atoms with van der Waals surface area (Å²) in [5.74, 6) is 0.897. The molecule has 0 saturated carbocycles. The van der Waals surface area contributed by atoms with Crippen molar-refractivity contribution in [1.82, 2.24) is 24.7 Å². The summed E-state index contributed by atoms with van der Waals surface area (Å²) >= 11 is 0. The number of hydrogen-bond acceptors (Lipinski definition) is 5. The van der Waals surface area contributed by atoms with E-state index in [2.05, 4.69) is 25.4 Å². The standard InChI is InChI=1S/C20H17FN6/c1-13-10-19(26-20(24-13)15-6-5-9-22-11-15)25-17-12-23-27(14(17)2)18-8-4-3-7-16(18)21/h3-12H,1-2H3,(H,24,25,26). The third-order valence-electron chi connectivity index (χ3n) is 4.13. The Bertz CT molecular complexity index is 1090. The van der Waals surface area contributed by atoms with Crippen molar-refractivity contribution in [2.24, 2.45) is 0 Å². The van der Waals surface area contributed by atoms with E-state index < -0.39 is 0 Å². The molecule has 3 aromatic heterocycles. The Labute approximate surface area is 155 Å². The maximum Gasteiger partial charge on any atom is 0.163 e. The summed E-state index contributed by atoms with van der Waals surface area (Å²) in [5.41, 5.74) is 3.58. The van der Waals surface area contributed by atoms with E-state index in [0.29, 0.717) is 17.3 Å². The molecule has 0 spiro atoms. The van der Waals surface area contributed by atoms with Gasteiger partial charge < -0.3 is 5.32 Å². The van der Waals surface area contributed by atoms with Gasteiger partial charge >= 0.3 is 0 Å². The van der Waals surface area contributed by atoms with E-state index in [1.165, 1.54) is 6.07 Å². The topological polar surface area (TPSA) is 68.5 Å². The van der Waals surface area contributed by atoms with Crippen LogP contribution in [0, 0.1) is 19.7 Å². The third kappa shape index (κ3) is 3.39. The van der Waals surface area contributed by atoms with Crippen LogP contribution in [0.4, 0.5) is 15.9 Å². The Morgan fingerprint density at radius 2 is 1.85 bits per heavy atom. The Morgan fingerprint density at radius 3 is 2.63 bits per heavy atom. The number of aryl methyl sites for hydroxylation is 1. The van der Waals surface area contributed by atoms with Gasteiger partial charge in [0.15, 0.2) is 5.82 Å². The monoisotopic (exact) mass is 360 g/mol. The van der Waals surface area contributed by atoms with E-state index in [0.717, 1.165) is 22.6 Å². The Kier molecular flexibility index (Phi) is 4.33. The van der Waals surface area contributed by atoms with Gasteiger partial charge in [-0.05, 0) is 38.1 Å².